The van der Waals surface area contributed by atoms with Crippen molar-refractivity contribution in [3.8, 4) is 11.5 Å². The van der Waals surface area contributed by atoms with Gasteiger partial charge < -0.3 is 20.1 Å². The van der Waals surface area contributed by atoms with Crippen LogP contribution in [-0.2, 0) is 6.42 Å². The first-order valence-electron chi connectivity index (χ1n) is 8.38. The third-order valence-electron chi connectivity index (χ3n) is 3.85. The number of rotatable bonds is 8. The van der Waals surface area contributed by atoms with Crippen molar-refractivity contribution in [1.29, 1.82) is 0 Å². The highest BCUT2D eigenvalue weighted by Crippen LogP contribution is 2.27. The molecule has 2 aromatic carbocycles. The van der Waals surface area contributed by atoms with Gasteiger partial charge in [0.15, 0.2) is 11.5 Å². The average molecular weight is 350 g/mol. The van der Waals surface area contributed by atoms with Crippen molar-refractivity contribution in [1.82, 2.24) is 9.97 Å². The number of hydrogen-bond acceptors (Lipinski definition) is 6. The summed E-state index contributed by atoms with van der Waals surface area (Å²) < 4.78 is 10.6. The van der Waals surface area contributed by atoms with Gasteiger partial charge in [0.05, 0.1) is 14.2 Å². The Labute approximate surface area is 153 Å². The summed E-state index contributed by atoms with van der Waals surface area (Å²) in [5.74, 6) is 2.80. The van der Waals surface area contributed by atoms with Crippen LogP contribution in [0.1, 0.15) is 5.56 Å². The highest BCUT2D eigenvalue weighted by molar-refractivity contribution is 5.56. The molecule has 2 N–H and O–H groups in total. The van der Waals surface area contributed by atoms with Gasteiger partial charge in [-0.25, -0.2) is 4.98 Å². The Bertz CT molecular complexity index is 840. The van der Waals surface area contributed by atoms with E-state index in [0.717, 1.165) is 35.0 Å². The molecule has 0 fully saturated rings. The number of nitrogens with zero attached hydrogens (tertiary/aromatic N) is 2. The van der Waals surface area contributed by atoms with Gasteiger partial charge in [-0.1, -0.05) is 24.3 Å². The van der Waals surface area contributed by atoms with Gasteiger partial charge in [0.1, 0.15) is 5.82 Å². The fourth-order valence-corrected chi connectivity index (χ4v) is 2.54. The maximum atomic E-state index is 5.34. The first-order chi connectivity index (χ1) is 12.8. The van der Waals surface area contributed by atoms with Gasteiger partial charge in [-0.15, -0.1) is 0 Å². The number of anilines is 3. The first kappa shape index (κ1) is 17.5. The topological polar surface area (TPSA) is 68.3 Å². The van der Waals surface area contributed by atoms with E-state index in [2.05, 4.69) is 20.6 Å². The van der Waals surface area contributed by atoms with Crippen LogP contribution in [0.25, 0.3) is 0 Å². The van der Waals surface area contributed by atoms with Crippen LogP contribution in [0.2, 0.25) is 0 Å². The summed E-state index contributed by atoms with van der Waals surface area (Å²) in [6.45, 7) is 0.713. The SMILES string of the molecule is COc1ccc(CCNc2nccc(Nc3ccccc3)n2)cc1OC. The predicted octanol–water partition coefficient (Wildman–Crippen LogP) is 3.89. The van der Waals surface area contributed by atoms with Gasteiger partial charge in [-0.3, -0.25) is 0 Å². The van der Waals surface area contributed by atoms with Gasteiger partial charge in [0.2, 0.25) is 5.95 Å². The Kier molecular flexibility index (Phi) is 5.88. The van der Waals surface area contributed by atoms with Crippen LogP contribution in [0.3, 0.4) is 0 Å². The molecular weight excluding hydrogens is 328 g/mol. The normalized spacial score (nSPS) is 10.2. The molecule has 6 heteroatoms. The van der Waals surface area contributed by atoms with Crippen molar-refractivity contribution in [2.75, 3.05) is 31.4 Å². The lowest BCUT2D eigenvalue weighted by Crippen LogP contribution is -2.08. The highest BCUT2D eigenvalue weighted by atomic mass is 16.5. The van der Waals surface area contributed by atoms with Crippen molar-refractivity contribution in [3.63, 3.8) is 0 Å². The second-order valence-electron chi connectivity index (χ2n) is 5.62. The number of aromatic nitrogens is 2. The van der Waals surface area contributed by atoms with E-state index in [-0.39, 0.29) is 0 Å². The number of benzene rings is 2. The molecule has 0 spiro atoms. The smallest absolute Gasteiger partial charge is 0.224 e. The number of hydrogen-bond donors (Lipinski definition) is 2. The van der Waals surface area contributed by atoms with Crippen molar-refractivity contribution in [2.24, 2.45) is 0 Å². The Morgan fingerprint density at radius 3 is 2.50 bits per heavy atom. The maximum Gasteiger partial charge on any atom is 0.224 e. The summed E-state index contributed by atoms with van der Waals surface area (Å²) in [6, 6.07) is 17.7. The molecule has 6 nitrogen and oxygen atoms in total. The molecule has 0 aliphatic carbocycles. The Balaban J connectivity index is 1.57. The summed E-state index contributed by atoms with van der Waals surface area (Å²) >= 11 is 0. The summed E-state index contributed by atoms with van der Waals surface area (Å²) in [4.78, 5) is 8.75. The van der Waals surface area contributed by atoms with Crippen molar-refractivity contribution < 1.29 is 9.47 Å². The number of nitrogens with one attached hydrogen (secondary N) is 2. The van der Waals surface area contributed by atoms with Gasteiger partial charge >= 0.3 is 0 Å². The third kappa shape index (κ3) is 4.63. The van der Waals surface area contributed by atoms with E-state index in [1.807, 2.05) is 54.6 Å². The highest BCUT2D eigenvalue weighted by Gasteiger charge is 2.05. The molecule has 134 valence electrons. The third-order valence-corrected chi connectivity index (χ3v) is 3.85. The maximum absolute atomic E-state index is 5.34. The minimum atomic E-state index is 0.589. The molecule has 0 saturated carbocycles. The van der Waals surface area contributed by atoms with Crippen LogP contribution in [0.5, 0.6) is 11.5 Å². The molecule has 26 heavy (non-hydrogen) atoms. The van der Waals surface area contributed by atoms with E-state index in [9.17, 15) is 0 Å². The minimum Gasteiger partial charge on any atom is -0.493 e. The molecule has 0 aliphatic heterocycles. The molecule has 0 radical (unpaired) electrons. The van der Waals surface area contributed by atoms with Gasteiger partial charge in [0.25, 0.3) is 0 Å². The molecule has 0 saturated heterocycles. The zero-order valence-electron chi connectivity index (χ0n) is 14.9. The van der Waals surface area contributed by atoms with E-state index in [1.165, 1.54) is 0 Å². The van der Waals surface area contributed by atoms with Crippen LogP contribution in [0, 0.1) is 0 Å². The van der Waals surface area contributed by atoms with Crippen molar-refractivity contribution >= 4 is 17.5 Å². The zero-order chi connectivity index (χ0) is 18.2. The number of methoxy groups -OCH3 is 2. The number of ether oxygens (including phenoxy) is 2. The lowest BCUT2D eigenvalue weighted by molar-refractivity contribution is 0.354. The first-order valence-corrected chi connectivity index (χ1v) is 8.38. The molecule has 3 aromatic rings. The van der Waals surface area contributed by atoms with Crippen LogP contribution in [-0.4, -0.2) is 30.7 Å². The van der Waals surface area contributed by atoms with Crippen molar-refractivity contribution in [3.05, 3.63) is 66.4 Å². The monoisotopic (exact) mass is 350 g/mol. The van der Waals surface area contributed by atoms with Gasteiger partial charge in [0, 0.05) is 18.4 Å². The quantitative estimate of drug-likeness (QED) is 0.642. The van der Waals surface area contributed by atoms with Crippen LogP contribution >= 0.6 is 0 Å². The standard InChI is InChI=1S/C20H22N4O2/c1-25-17-9-8-15(14-18(17)26-2)10-12-21-20-22-13-11-19(24-20)23-16-6-4-3-5-7-16/h3-9,11,13-14H,10,12H2,1-2H3,(H2,21,22,23,24). The Morgan fingerprint density at radius 2 is 1.73 bits per heavy atom. The van der Waals surface area contributed by atoms with Gasteiger partial charge in [-0.2, -0.15) is 4.98 Å². The van der Waals surface area contributed by atoms with E-state index in [4.69, 9.17) is 9.47 Å². The Morgan fingerprint density at radius 1 is 0.923 bits per heavy atom. The molecule has 1 aromatic heterocycles. The summed E-state index contributed by atoms with van der Waals surface area (Å²) in [5.41, 5.74) is 2.14. The van der Waals surface area contributed by atoms with E-state index in [0.29, 0.717) is 12.5 Å². The second kappa shape index (κ2) is 8.71. The molecule has 3 rings (SSSR count). The van der Waals surface area contributed by atoms with Crippen LogP contribution < -0.4 is 20.1 Å². The van der Waals surface area contributed by atoms with Gasteiger partial charge in [-0.05, 0) is 42.3 Å². The molecule has 0 unspecified atom stereocenters. The number of para-hydroxylation sites is 1. The second-order valence-corrected chi connectivity index (χ2v) is 5.62. The fraction of sp³-hybridized carbons (Fsp3) is 0.200. The largest absolute Gasteiger partial charge is 0.493 e. The molecule has 1 heterocycles. The van der Waals surface area contributed by atoms with E-state index in [1.54, 1.807) is 20.4 Å². The van der Waals surface area contributed by atoms with E-state index >= 15 is 0 Å². The molecule has 0 amide bonds. The van der Waals surface area contributed by atoms with Crippen LogP contribution in [0.4, 0.5) is 17.5 Å². The molecule has 0 atom stereocenters. The lowest BCUT2D eigenvalue weighted by atomic mass is 10.1. The zero-order valence-corrected chi connectivity index (χ0v) is 14.9. The molecule has 0 bridgehead atoms. The predicted molar refractivity (Wildman–Crippen MR) is 103 cm³/mol. The Hall–Kier alpha value is -3.28. The van der Waals surface area contributed by atoms with E-state index < -0.39 is 0 Å². The fourth-order valence-electron chi connectivity index (χ4n) is 2.54. The van der Waals surface area contributed by atoms with Crippen LogP contribution in [0.15, 0.2) is 60.8 Å². The van der Waals surface area contributed by atoms with Crippen molar-refractivity contribution in [2.45, 2.75) is 6.42 Å². The molecule has 0 aliphatic rings. The minimum absolute atomic E-state index is 0.589. The summed E-state index contributed by atoms with van der Waals surface area (Å²) in [7, 11) is 3.27. The summed E-state index contributed by atoms with van der Waals surface area (Å²) in [5, 5.41) is 6.51. The summed E-state index contributed by atoms with van der Waals surface area (Å²) in [6.07, 6.45) is 2.55. The molecular formula is C20H22N4O2. The average Bonchev–Trinajstić information content (AvgIpc) is 2.69. The lowest BCUT2D eigenvalue weighted by Gasteiger charge is -2.10.